The third-order valence-corrected chi connectivity index (χ3v) is 3.29. The Kier molecular flexibility index (Phi) is 3.23. The molecule has 3 rings (SSSR count). The summed E-state index contributed by atoms with van der Waals surface area (Å²) in [6.45, 7) is 0. The van der Waals surface area contributed by atoms with E-state index in [9.17, 15) is 4.79 Å². The molecular weight excluding hydrogens is 276 g/mol. The van der Waals surface area contributed by atoms with E-state index >= 15 is 0 Å². The predicted octanol–water partition coefficient (Wildman–Crippen LogP) is 1.62. The Morgan fingerprint density at radius 1 is 1.30 bits per heavy atom. The highest BCUT2D eigenvalue weighted by Crippen LogP contribution is 2.22. The second-order valence-corrected chi connectivity index (χ2v) is 4.74. The normalized spacial score (nSPS) is 10.4. The zero-order valence-electron chi connectivity index (χ0n) is 10.2. The highest BCUT2D eigenvalue weighted by Gasteiger charge is 2.13. The third kappa shape index (κ3) is 2.29. The molecule has 0 saturated carbocycles. The zero-order valence-corrected chi connectivity index (χ0v) is 11.0. The van der Waals surface area contributed by atoms with Crippen LogP contribution in [0.15, 0.2) is 36.5 Å². The van der Waals surface area contributed by atoms with Crippen molar-refractivity contribution in [3.8, 4) is 0 Å². The quantitative estimate of drug-likeness (QED) is 0.499. The first-order valence-corrected chi connectivity index (χ1v) is 6.50. The summed E-state index contributed by atoms with van der Waals surface area (Å²) in [5.41, 5.74) is 3.63. The van der Waals surface area contributed by atoms with E-state index in [1.807, 2.05) is 24.3 Å². The van der Waals surface area contributed by atoms with Crippen LogP contribution < -0.4 is 16.6 Å². The number of benzene rings is 1. The molecule has 0 saturated heterocycles. The van der Waals surface area contributed by atoms with E-state index in [-0.39, 0.29) is 5.91 Å². The molecule has 2 heterocycles. The van der Waals surface area contributed by atoms with E-state index < -0.39 is 0 Å². The van der Waals surface area contributed by atoms with Crippen LogP contribution >= 0.6 is 11.5 Å². The molecule has 8 heteroatoms. The average Bonchev–Trinajstić information content (AvgIpc) is 2.98. The molecule has 0 radical (unpaired) electrons. The van der Waals surface area contributed by atoms with Crippen molar-refractivity contribution < 1.29 is 4.79 Å². The number of amides is 1. The standard InChI is InChI=1S/C12H10N6OS/c13-17-10-5-8(7-3-1-2-4-9(7)15-10)12(19)16-11-6-14-18-20-11/h1-6H,13H2,(H,15,17)(H,16,19). The van der Waals surface area contributed by atoms with Crippen molar-refractivity contribution >= 4 is 39.2 Å². The Bertz CT molecular complexity index is 758. The number of nitrogen functional groups attached to an aromatic ring is 1. The molecule has 100 valence electrons. The molecule has 0 aliphatic carbocycles. The number of carbonyl (C=O) groups is 1. The van der Waals surface area contributed by atoms with Gasteiger partial charge in [0.15, 0.2) is 0 Å². The number of nitrogens with one attached hydrogen (secondary N) is 2. The van der Waals surface area contributed by atoms with Crippen LogP contribution in [0.2, 0.25) is 0 Å². The minimum Gasteiger partial charge on any atom is -0.311 e. The van der Waals surface area contributed by atoms with Crippen molar-refractivity contribution in [3.05, 3.63) is 42.1 Å². The van der Waals surface area contributed by atoms with Gasteiger partial charge in [-0.15, -0.1) is 5.10 Å². The molecule has 0 aliphatic heterocycles. The predicted molar refractivity (Wildman–Crippen MR) is 77.4 cm³/mol. The number of nitrogens with zero attached hydrogens (tertiary/aromatic N) is 3. The van der Waals surface area contributed by atoms with Gasteiger partial charge in [-0.3, -0.25) is 4.79 Å². The topological polar surface area (TPSA) is 106 Å². The summed E-state index contributed by atoms with van der Waals surface area (Å²) >= 11 is 1.11. The lowest BCUT2D eigenvalue weighted by atomic mass is 10.1. The number of para-hydroxylation sites is 1. The van der Waals surface area contributed by atoms with E-state index in [1.54, 1.807) is 6.07 Å². The van der Waals surface area contributed by atoms with Gasteiger partial charge < -0.3 is 10.7 Å². The monoisotopic (exact) mass is 286 g/mol. The summed E-state index contributed by atoms with van der Waals surface area (Å²) < 4.78 is 3.70. The average molecular weight is 286 g/mol. The third-order valence-electron chi connectivity index (χ3n) is 2.71. The molecule has 0 unspecified atom stereocenters. The maximum Gasteiger partial charge on any atom is 0.257 e. The maximum absolute atomic E-state index is 12.3. The van der Waals surface area contributed by atoms with Crippen LogP contribution in [0, 0.1) is 0 Å². The Morgan fingerprint density at radius 3 is 2.90 bits per heavy atom. The Morgan fingerprint density at radius 2 is 2.15 bits per heavy atom. The second kappa shape index (κ2) is 5.19. The van der Waals surface area contributed by atoms with Crippen LogP contribution in [-0.2, 0) is 0 Å². The molecule has 0 fully saturated rings. The van der Waals surface area contributed by atoms with Gasteiger partial charge >= 0.3 is 0 Å². The van der Waals surface area contributed by atoms with E-state index in [2.05, 4.69) is 25.3 Å². The summed E-state index contributed by atoms with van der Waals surface area (Å²) in [6, 6.07) is 8.96. The van der Waals surface area contributed by atoms with Gasteiger partial charge in [-0.25, -0.2) is 10.8 Å². The van der Waals surface area contributed by atoms with E-state index in [1.165, 1.54) is 6.20 Å². The summed E-state index contributed by atoms with van der Waals surface area (Å²) in [6.07, 6.45) is 1.49. The number of hydrogen-bond acceptors (Lipinski definition) is 7. The fourth-order valence-corrected chi connectivity index (χ4v) is 2.25. The van der Waals surface area contributed by atoms with Crippen molar-refractivity contribution in [2.75, 3.05) is 10.7 Å². The van der Waals surface area contributed by atoms with Crippen molar-refractivity contribution in [2.24, 2.45) is 5.84 Å². The lowest BCUT2D eigenvalue weighted by molar-refractivity contribution is 0.102. The fourth-order valence-electron chi connectivity index (χ4n) is 1.84. The van der Waals surface area contributed by atoms with Gasteiger partial charge in [-0.1, -0.05) is 22.7 Å². The number of pyridine rings is 1. The van der Waals surface area contributed by atoms with Crippen molar-refractivity contribution in [3.63, 3.8) is 0 Å². The van der Waals surface area contributed by atoms with Crippen LogP contribution in [0.1, 0.15) is 10.4 Å². The maximum atomic E-state index is 12.3. The highest BCUT2D eigenvalue weighted by atomic mass is 32.1. The second-order valence-electron chi connectivity index (χ2n) is 3.95. The molecule has 1 aromatic carbocycles. The lowest BCUT2D eigenvalue weighted by Crippen LogP contribution is -2.14. The molecule has 0 bridgehead atoms. The Hall–Kier alpha value is -2.58. The summed E-state index contributed by atoms with van der Waals surface area (Å²) in [7, 11) is 0. The number of hydrazine groups is 1. The first kappa shape index (κ1) is 12.5. The van der Waals surface area contributed by atoms with E-state index in [4.69, 9.17) is 5.84 Å². The number of aromatic nitrogens is 3. The Balaban J connectivity index is 2.07. The van der Waals surface area contributed by atoms with Gasteiger partial charge in [-0.05, 0) is 12.1 Å². The molecule has 2 aromatic heterocycles. The largest absolute Gasteiger partial charge is 0.311 e. The van der Waals surface area contributed by atoms with Gasteiger partial charge in [-0.2, -0.15) is 0 Å². The van der Waals surface area contributed by atoms with Gasteiger partial charge in [0.25, 0.3) is 5.91 Å². The molecule has 0 spiro atoms. The first-order chi connectivity index (χ1) is 9.78. The minimum atomic E-state index is -0.258. The van der Waals surface area contributed by atoms with Gasteiger partial charge in [0, 0.05) is 16.9 Å². The molecule has 1 amide bonds. The number of fused-ring (bicyclic) bond motifs is 1. The fraction of sp³-hybridized carbons (Fsp3) is 0. The summed E-state index contributed by atoms with van der Waals surface area (Å²) in [5, 5.41) is 7.75. The van der Waals surface area contributed by atoms with Gasteiger partial charge in [0.05, 0.1) is 17.3 Å². The summed E-state index contributed by atoms with van der Waals surface area (Å²) in [4.78, 5) is 16.6. The highest BCUT2D eigenvalue weighted by molar-refractivity contribution is 7.10. The number of hydrogen-bond donors (Lipinski definition) is 3. The molecule has 4 N–H and O–H groups in total. The smallest absolute Gasteiger partial charge is 0.257 e. The molecule has 3 aromatic rings. The van der Waals surface area contributed by atoms with Crippen LogP contribution in [0.25, 0.3) is 10.9 Å². The van der Waals surface area contributed by atoms with Crippen LogP contribution in [-0.4, -0.2) is 20.5 Å². The molecule has 0 aliphatic rings. The SMILES string of the molecule is NNc1cc(C(=O)Nc2cnns2)c2ccccc2n1. The summed E-state index contributed by atoms with van der Waals surface area (Å²) in [5.74, 6) is 5.55. The van der Waals surface area contributed by atoms with Crippen molar-refractivity contribution in [1.82, 2.24) is 14.6 Å². The number of anilines is 2. The zero-order chi connectivity index (χ0) is 13.9. The number of rotatable bonds is 3. The van der Waals surface area contributed by atoms with Crippen LogP contribution in [0.3, 0.4) is 0 Å². The molecule has 0 atom stereocenters. The number of nitrogens with two attached hydrogens (primary N) is 1. The number of carbonyl (C=O) groups excluding carboxylic acids is 1. The molecule has 7 nitrogen and oxygen atoms in total. The Labute approximate surface area is 118 Å². The minimum absolute atomic E-state index is 0.258. The van der Waals surface area contributed by atoms with Crippen LogP contribution in [0.5, 0.6) is 0 Å². The van der Waals surface area contributed by atoms with E-state index in [0.29, 0.717) is 21.9 Å². The van der Waals surface area contributed by atoms with Crippen molar-refractivity contribution in [1.29, 1.82) is 0 Å². The van der Waals surface area contributed by atoms with Gasteiger partial charge in [0.1, 0.15) is 10.8 Å². The van der Waals surface area contributed by atoms with Crippen LogP contribution in [0.4, 0.5) is 10.8 Å². The van der Waals surface area contributed by atoms with Crippen molar-refractivity contribution in [2.45, 2.75) is 0 Å². The van der Waals surface area contributed by atoms with E-state index in [0.717, 1.165) is 16.9 Å². The first-order valence-electron chi connectivity index (χ1n) is 5.73. The van der Waals surface area contributed by atoms with Gasteiger partial charge in [0.2, 0.25) is 0 Å². The lowest BCUT2D eigenvalue weighted by Gasteiger charge is -2.08. The molecular formula is C12H10N6OS. The molecule has 20 heavy (non-hydrogen) atoms.